The first kappa shape index (κ1) is 16.1. The number of piperidine rings is 1. The van der Waals surface area contributed by atoms with Crippen LogP contribution in [-0.2, 0) is 0 Å². The molecule has 1 aromatic carbocycles. The Bertz CT molecular complexity index is 567. The third-order valence-corrected chi connectivity index (χ3v) is 6.07. The van der Waals surface area contributed by atoms with Gasteiger partial charge < -0.3 is 15.7 Å². The molecular formula is C15H20N2O2S2. The molecule has 1 aliphatic heterocycles. The minimum absolute atomic E-state index is 0.00476. The number of phenols is 1. The molecule has 0 spiro atoms. The Hall–Kier alpha value is -1.27. The molecule has 1 heterocycles. The lowest BCUT2D eigenvalue weighted by Gasteiger charge is -2.40. The number of phenolic OH excluding ortho intramolecular Hbond substituents is 1. The van der Waals surface area contributed by atoms with E-state index in [9.17, 15) is 9.90 Å². The lowest BCUT2D eigenvalue weighted by molar-refractivity contribution is 0.0718. The molecule has 3 N–H and O–H groups in total. The zero-order chi connectivity index (χ0) is 15.6. The van der Waals surface area contributed by atoms with Gasteiger partial charge in [0.1, 0.15) is 5.75 Å². The van der Waals surface area contributed by atoms with E-state index in [4.69, 9.17) is 18.0 Å². The fourth-order valence-corrected chi connectivity index (χ4v) is 3.93. The average Bonchev–Trinajstić information content (AvgIpc) is 2.46. The van der Waals surface area contributed by atoms with E-state index in [0.717, 1.165) is 18.4 Å². The fraction of sp³-hybridized carbons (Fsp3) is 0.467. The number of benzene rings is 1. The summed E-state index contributed by atoms with van der Waals surface area (Å²) < 4.78 is -0.184. The van der Waals surface area contributed by atoms with Gasteiger partial charge in [-0.2, -0.15) is 11.8 Å². The molecule has 0 atom stereocenters. The predicted octanol–water partition coefficient (Wildman–Crippen LogP) is 2.32. The molecule has 0 bridgehead atoms. The van der Waals surface area contributed by atoms with Gasteiger partial charge in [-0.3, -0.25) is 4.79 Å². The van der Waals surface area contributed by atoms with Crippen LogP contribution in [0.4, 0.5) is 0 Å². The van der Waals surface area contributed by atoms with Crippen LogP contribution in [0, 0.1) is 6.92 Å². The first-order chi connectivity index (χ1) is 9.89. The number of aromatic hydroxyl groups is 1. The summed E-state index contributed by atoms with van der Waals surface area (Å²) in [6, 6.07) is 4.83. The summed E-state index contributed by atoms with van der Waals surface area (Å²) in [7, 11) is 0. The number of hydrogen-bond acceptors (Lipinski definition) is 4. The third-order valence-electron chi connectivity index (χ3n) is 4.14. The molecule has 1 saturated heterocycles. The zero-order valence-electron chi connectivity index (χ0n) is 12.3. The third kappa shape index (κ3) is 3.16. The maximum Gasteiger partial charge on any atom is 0.254 e. The van der Waals surface area contributed by atoms with Crippen molar-refractivity contribution in [3.63, 3.8) is 0 Å². The van der Waals surface area contributed by atoms with Crippen molar-refractivity contribution in [1.29, 1.82) is 0 Å². The second-order valence-electron chi connectivity index (χ2n) is 5.35. The topological polar surface area (TPSA) is 66.6 Å². The van der Waals surface area contributed by atoms with Crippen molar-refractivity contribution in [2.24, 2.45) is 5.73 Å². The summed E-state index contributed by atoms with van der Waals surface area (Å²) in [4.78, 5) is 14.9. The Balaban J connectivity index is 2.12. The van der Waals surface area contributed by atoms with E-state index in [1.165, 1.54) is 0 Å². The molecular weight excluding hydrogens is 304 g/mol. The first-order valence-electron chi connectivity index (χ1n) is 6.83. The lowest BCUT2D eigenvalue weighted by Crippen LogP contribution is -2.50. The second-order valence-corrected chi connectivity index (χ2v) is 6.98. The van der Waals surface area contributed by atoms with Crippen LogP contribution in [0.25, 0.3) is 0 Å². The number of carbonyl (C=O) groups is 1. The van der Waals surface area contributed by atoms with E-state index >= 15 is 0 Å². The van der Waals surface area contributed by atoms with Crippen LogP contribution in [-0.4, -0.2) is 45.0 Å². The van der Waals surface area contributed by atoms with E-state index in [0.29, 0.717) is 23.6 Å². The zero-order valence-corrected chi connectivity index (χ0v) is 13.9. The maximum atomic E-state index is 12.6. The van der Waals surface area contributed by atoms with Crippen molar-refractivity contribution >= 4 is 34.9 Å². The monoisotopic (exact) mass is 324 g/mol. The number of carbonyl (C=O) groups excluding carboxylic acids is 1. The highest BCUT2D eigenvalue weighted by molar-refractivity contribution is 8.02. The largest absolute Gasteiger partial charge is 0.508 e. The minimum atomic E-state index is -0.184. The van der Waals surface area contributed by atoms with E-state index in [2.05, 4.69) is 0 Å². The quantitative estimate of drug-likeness (QED) is 0.835. The molecule has 0 unspecified atom stereocenters. The van der Waals surface area contributed by atoms with Gasteiger partial charge in [-0.1, -0.05) is 12.2 Å². The number of hydrogen-bond donors (Lipinski definition) is 2. The van der Waals surface area contributed by atoms with Gasteiger partial charge in [0, 0.05) is 18.7 Å². The molecule has 114 valence electrons. The molecule has 0 saturated carbocycles. The average molecular weight is 324 g/mol. The van der Waals surface area contributed by atoms with Gasteiger partial charge in [-0.15, -0.1) is 0 Å². The summed E-state index contributed by atoms with van der Waals surface area (Å²) in [5, 5.41) is 9.44. The standard InChI is InChI=1S/C15H20N2O2S2/c1-10-9-11(18)3-4-12(10)13(19)17-7-5-15(21-2,6-8-17)14(16)20/h3-4,9,18H,5-8H2,1-2H3,(H2,16,20). The number of nitrogens with two attached hydrogens (primary N) is 1. The summed E-state index contributed by atoms with van der Waals surface area (Å²) in [6.07, 6.45) is 3.58. The first-order valence-corrected chi connectivity index (χ1v) is 8.47. The molecule has 6 heteroatoms. The van der Waals surface area contributed by atoms with Crippen LogP contribution in [0.5, 0.6) is 5.75 Å². The van der Waals surface area contributed by atoms with E-state index in [-0.39, 0.29) is 16.4 Å². The molecule has 21 heavy (non-hydrogen) atoms. The van der Waals surface area contributed by atoms with Gasteiger partial charge in [-0.05, 0) is 49.8 Å². The summed E-state index contributed by atoms with van der Waals surface area (Å²) >= 11 is 6.86. The fourth-order valence-electron chi connectivity index (χ4n) is 2.68. The van der Waals surface area contributed by atoms with Crippen molar-refractivity contribution < 1.29 is 9.90 Å². The molecule has 2 rings (SSSR count). The van der Waals surface area contributed by atoms with Crippen LogP contribution < -0.4 is 5.73 Å². The molecule has 0 radical (unpaired) electrons. The van der Waals surface area contributed by atoms with E-state index < -0.39 is 0 Å². The Morgan fingerprint density at radius 2 is 2.05 bits per heavy atom. The molecule has 1 aliphatic rings. The van der Waals surface area contributed by atoms with Crippen molar-refractivity contribution in [3.05, 3.63) is 29.3 Å². The van der Waals surface area contributed by atoms with Gasteiger partial charge in [0.2, 0.25) is 0 Å². The summed E-state index contributed by atoms with van der Waals surface area (Å²) in [5.74, 6) is 0.183. The van der Waals surface area contributed by atoms with Crippen molar-refractivity contribution in [2.75, 3.05) is 19.3 Å². The molecule has 0 aromatic heterocycles. The highest BCUT2D eigenvalue weighted by Crippen LogP contribution is 2.35. The number of nitrogens with zero attached hydrogens (tertiary/aromatic N) is 1. The van der Waals surface area contributed by atoms with Crippen LogP contribution in [0.15, 0.2) is 18.2 Å². The van der Waals surface area contributed by atoms with Crippen molar-refractivity contribution in [1.82, 2.24) is 4.90 Å². The number of thiocarbonyl (C=S) groups is 1. The van der Waals surface area contributed by atoms with Gasteiger partial charge in [0.05, 0.1) is 9.74 Å². The van der Waals surface area contributed by atoms with Crippen LogP contribution in [0.2, 0.25) is 0 Å². The summed E-state index contributed by atoms with van der Waals surface area (Å²) in [5.41, 5.74) is 7.29. The predicted molar refractivity (Wildman–Crippen MR) is 91.0 cm³/mol. The molecule has 1 amide bonds. The van der Waals surface area contributed by atoms with Crippen LogP contribution >= 0.6 is 24.0 Å². The van der Waals surface area contributed by atoms with Gasteiger partial charge in [0.25, 0.3) is 5.91 Å². The number of amides is 1. The highest BCUT2D eigenvalue weighted by Gasteiger charge is 2.38. The maximum absolute atomic E-state index is 12.6. The molecule has 0 aliphatic carbocycles. The van der Waals surface area contributed by atoms with Crippen molar-refractivity contribution in [3.8, 4) is 5.75 Å². The van der Waals surface area contributed by atoms with Crippen LogP contribution in [0.3, 0.4) is 0 Å². The SMILES string of the molecule is CSC1(C(N)=S)CCN(C(=O)c2ccc(O)cc2C)CC1. The van der Waals surface area contributed by atoms with Gasteiger partial charge in [-0.25, -0.2) is 0 Å². The second kappa shape index (κ2) is 6.23. The number of rotatable bonds is 3. The Morgan fingerprint density at radius 3 is 2.52 bits per heavy atom. The van der Waals surface area contributed by atoms with Crippen LogP contribution in [0.1, 0.15) is 28.8 Å². The molecule has 1 fully saturated rings. The normalized spacial score (nSPS) is 17.5. The minimum Gasteiger partial charge on any atom is -0.508 e. The smallest absolute Gasteiger partial charge is 0.254 e. The molecule has 4 nitrogen and oxygen atoms in total. The highest BCUT2D eigenvalue weighted by atomic mass is 32.2. The summed E-state index contributed by atoms with van der Waals surface area (Å²) in [6.45, 7) is 3.13. The van der Waals surface area contributed by atoms with Gasteiger partial charge >= 0.3 is 0 Å². The lowest BCUT2D eigenvalue weighted by atomic mass is 9.94. The number of likely N-dealkylation sites (tertiary alicyclic amines) is 1. The Morgan fingerprint density at radius 1 is 1.43 bits per heavy atom. The Labute approximate surface area is 134 Å². The van der Waals surface area contributed by atoms with E-state index in [1.807, 2.05) is 18.1 Å². The van der Waals surface area contributed by atoms with E-state index in [1.54, 1.807) is 30.0 Å². The Kier molecular flexibility index (Phi) is 4.78. The van der Waals surface area contributed by atoms with Crippen molar-refractivity contribution in [2.45, 2.75) is 24.5 Å². The van der Waals surface area contributed by atoms with Gasteiger partial charge in [0.15, 0.2) is 0 Å². The number of aryl methyl sites for hydroxylation is 1. The molecule has 1 aromatic rings. The number of thioether (sulfide) groups is 1.